The van der Waals surface area contributed by atoms with Gasteiger partial charge in [0.1, 0.15) is 0 Å². The van der Waals surface area contributed by atoms with Crippen LogP contribution in [0.4, 0.5) is 0 Å². The maximum Gasteiger partial charge on any atom is 0.224 e. The summed E-state index contributed by atoms with van der Waals surface area (Å²) >= 11 is 0. The van der Waals surface area contributed by atoms with Crippen molar-refractivity contribution in [1.82, 2.24) is 10.6 Å². The molecule has 1 fully saturated rings. The molecule has 6 heteroatoms. The van der Waals surface area contributed by atoms with E-state index in [1.54, 1.807) is 6.08 Å². The molecule has 2 atom stereocenters. The van der Waals surface area contributed by atoms with E-state index < -0.39 is 17.5 Å². The van der Waals surface area contributed by atoms with Crippen LogP contribution in [0.3, 0.4) is 0 Å². The largest absolute Gasteiger partial charge is 0.394 e. The van der Waals surface area contributed by atoms with Crippen molar-refractivity contribution in [2.75, 3.05) is 13.2 Å². The second kappa shape index (κ2) is 10.2. The first-order valence-electron chi connectivity index (χ1n) is 9.52. The molecule has 2 amide bonds. The van der Waals surface area contributed by atoms with Crippen molar-refractivity contribution in [3.63, 3.8) is 0 Å². The number of aliphatic hydroxyl groups is 2. The highest BCUT2D eigenvalue weighted by atomic mass is 16.3. The number of hydrogen-bond acceptors (Lipinski definition) is 4. The van der Waals surface area contributed by atoms with Crippen molar-refractivity contribution in [2.45, 2.75) is 50.1 Å². The summed E-state index contributed by atoms with van der Waals surface area (Å²) in [5.74, 6) is -1.11. The Hall–Kier alpha value is -2.18. The molecule has 0 unspecified atom stereocenters. The summed E-state index contributed by atoms with van der Waals surface area (Å²) < 4.78 is 0. The van der Waals surface area contributed by atoms with Crippen LogP contribution in [0.1, 0.15) is 50.1 Å². The van der Waals surface area contributed by atoms with E-state index in [9.17, 15) is 19.8 Å². The highest BCUT2D eigenvalue weighted by Gasteiger charge is 2.35. The molecule has 6 nitrogen and oxygen atoms in total. The molecule has 27 heavy (non-hydrogen) atoms. The lowest BCUT2D eigenvalue weighted by molar-refractivity contribution is -0.132. The number of rotatable bonds is 10. The van der Waals surface area contributed by atoms with Gasteiger partial charge in [-0.05, 0) is 24.8 Å². The van der Waals surface area contributed by atoms with Crippen molar-refractivity contribution in [3.8, 4) is 0 Å². The molecule has 1 saturated carbocycles. The minimum atomic E-state index is -0.572. The zero-order valence-corrected chi connectivity index (χ0v) is 15.7. The quantitative estimate of drug-likeness (QED) is 0.470. The monoisotopic (exact) mass is 374 g/mol. The fourth-order valence-electron chi connectivity index (χ4n) is 3.64. The third-order valence-electron chi connectivity index (χ3n) is 5.22. The minimum Gasteiger partial charge on any atom is -0.394 e. The fraction of sp³-hybridized carbons (Fsp3) is 0.524. The zero-order chi connectivity index (χ0) is 19.7. The minimum absolute atomic E-state index is 0.0204. The molecule has 2 rings (SSSR count). The number of benzene rings is 1. The smallest absolute Gasteiger partial charge is 0.224 e. The standard InChI is InChI=1S/C21H30N2O4/c1-2-8-17(13-19(26)23-21(15-25)11-6-7-12-21)20(27)22-18(14-24)16-9-4-3-5-10-16/h2-5,9-10,17-18,24-25H,1,6-8,11-15H2,(H,22,27)(H,23,26)/t17-,18+/m1/s1. The van der Waals surface area contributed by atoms with Gasteiger partial charge in [0.25, 0.3) is 0 Å². The normalized spacial score (nSPS) is 17.7. The van der Waals surface area contributed by atoms with Gasteiger partial charge < -0.3 is 20.8 Å². The number of aliphatic hydroxyl groups excluding tert-OH is 2. The van der Waals surface area contributed by atoms with Gasteiger partial charge in [-0.25, -0.2) is 0 Å². The molecule has 4 N–H and O–H groups in total. The predicted molar refractivity (Wildman–Crippen MR) is 104 cm³/mol. The average molecular weight is 374 g/mol. The lowest BCUT2D eigenvalue weighted by atomic mass is 9.95. The number of hydrogen-bond donors (Lipinski definition) is 4. The summed E-state index contributed by atoms with van der Waals surface area (Å²) in [6.45, 7) is 3.37. The Balaban J connectivity index is 1.99. The third-order valence-corrected chi connectivity index (χ3v) is 5.22. The Morgan fingerprint density at radius 2 is 1.85 bits per heavy atom. The molecule has 1 aliphatic rings. The van der Waals surface area contributed by atoms with Crippen LogP contribution in [0.5, 0.6) is 0 Å². The van der Waals surface area contributed by atoms with E-state index in [2.05, 4.69) is 17.2 Å². The SMILES string of the molecule is C=CC[C@H](CC(=O)NC1(CO)CCCC1)C(=O)N[C@@H](CO)c1ccccc1. The molecule has 0 heterocycles. The van der Waals surface area contributed by atoms with Gasteiger partial charge in [0.15, 0.2) is 0 Å². The first kappa shape index (κ1) is 21.1. The summed E-state index contributed by atoms with van der Waals surface area (Å²) in [7, 11) is 0. The summed E-state index contributed by atoms with van der Waals surface area (Å²) in [5, 5.41) is 25.0. The lowest BCUT2D eigenvalue weighted by Gasteiger charge is -2.29. The van der Waals surface area contributed by atoms with Gasteiger partial charge >= 0.3 is 0 Å². The summed E-state index contributed by atoms with van der Waals surface area (Å²) in [6.07, 6.45) is 5.47. The second-order valence-electron chi connectivity index (χ2n) is 7.27. The van der Waals surface area contributed by atoms with Gasteiger partial charge in [0.2, 0.25) is 11.8 Å². The molecule has 0 spiro atoms. The third kappa shape index (κ3) is 5.91. The Morgan fingerprint density at radius 3 is 2.41 bits per heavy atom. The number of carbonyl (C=O) groups excluding carboxylic acids is 2. The van der Waals surface area contributed by atoms with E-state index in [1.807, 2.05) is 30.3 Å². The molecule has 0 radical (unpaired) electrons. The van der Waals surface area contributed by atoms with Crippen molar-refractivity contribution in [3.05, 3.63) is 48.6 Å². The molecule has 1 aromatic rings. The van der Waals surface area contributed by atoms with Crippen molar-refractivity contribution in [2.24, 2.45) is 5.92 Å². The number of amides is 2. The van der Waals surface area contributed by atoms with Gasteiger partial charge in [-0.15, -0.1) is 6.58 Å². The van der Waals surface area contributed by atoms with Crippen LogP contribution in [-0.2, 0) is 9.59 Å². The van der Waals surface area contributed by atoms with Gasteiger partial charge in [0.05, 0.1) is 30.7 Å². The predicted octanol–water partition coefficient (Wildman–Crippen LogP) is 1.84. The summed E-state index contributed by atoms with van der Waals surface area (Å²) in [6, 6.07) is 8.70. The maximum atomic E-state index is 12.7. The van der Waals surface area contributed by atoms with E-state index >= 15 is 0 Å². The second-order valence-corrected chi connectivity index (χ2v) is 7.27. The van der Waals surface area contributed by atoms with Gasteiger partial charge in [-0.2, -0.15) is 0 Å². The molecule has 0 aromatic heterocycles. The van der Waals surface area contributed by atoms with Crippen LogP contribution < -0.4 is 10.6 Å². The molecule has 148 valence electrons. The Bertz CT molecular complexity index is 626. The van der Waals surface area contributed by atoms with Crippen LogP contribution in [-0.4, -0.2) is 40.8 Å². The molecule has 0 saturated heterocycles. The molecule has 0 aliphatic heterocycles. The Kier molecular flexibility index (Phi) is 8.00. The van der Waals surface area contributed by atoms with Crippen molar-refractivity contribution >= 4 is 11.8 Å². The maximum absolute atomic E-state index is 12.7. The van der Waals surface area contributed by atoms with Crippen molar-refractivity contribution in [1.29, 1.82) is 0 Å². The summed E-state index contributed by atoms with van der Waals surface area (Å²) in [4.78, 5) is 25.2. The highest BCUT2D eigenvalue weighted by Crippen LogP contribution is 2.29. The van der Waals surface area contributed by atoms with Crippen LogP contribution in [0.25, 0.3) is 0 Å². The molecule has 1 aromatic carbocycles. The molecule has 0 bridgehead atoms. The van der Waals surface area contributed by atoms with Gasteiger partial charge in [0, 0.05) is 6.42 Å². The summed E-state index contributed by atoms with van der Waals surface area (Å²) in [5.41, 5.74) is 0.254. The van der Waals surface area contributed by atoms with E-state index in [0.29, 0.717) is 6.42 Å². The molecular formula is C21H30N2O4. The van der Waals surface area contributed by atoms with E-state index in [0.717, 1.165) is 31.2 Å². The Labute approximate surface area is 160 Å². The number of carbonyl (C=O) groups is 2. The van der Waals surface area contributed by atoms with Crippen LogP contribution in [0.15, 0.2) is 43.0 Å². The highest BCUT2D eigenvalue weighted by molar-refractivity contribution is 5.86. The van der Waals surface area contributed by atoms with E-state index in [-0.39, 0.29) is 31.4 Å². The van der Waals surface area contributed by atoms with E-state index in [1.165, 1.54) is 0 Å². The Morgan fingerprint density at radius 1 is 1.19 bits per heavy atom. The van der Waals surface area contributed by atoms with Crippen LogP contribution >= 0.6 is 0 Å². The topological polar surface area (TPSA) is 98.7 Å². The fourth-order valence-corrected chi connectivity index (χ4v) is 3.64. The van der Waals surface area contributed by atoms with E-state index in [4.69, 9.17) is 0 Å². The first-order valence-corrected chi connectivity index (χ1v) is 9.52. The van der Waals surface area contributed by atoms with Gasteiger partial charge in [-0.3, -0.25) is 9.59 Å². The molecular weight excluding hydrogens is 344 g/mol. The first-order chi connectivity index (χ1) is 13.0. The van der Waals surface area contributed by atoms with Gasteiger partial charge in [-0.1, -0.05) is 49.2 Å². The van der Waals surface area contributed by atoms with Crippen LogP contribution in [0.2, 0.25) is 0 Å². The van der Waals surface area contributed by atoms with Crippen molar-refractivity contribution < 1.29 is 19.8 Å². The lowest BCUT2D eigenvalue weighted by Crippen LogP contribution is -2.50. The number of allylic oxidation sites excluding steroid dienone is 1. The molecule has 1 aliphatic carbocycles. The zero-order valence-electron chi connectivity index (χ0n) is 15.7. The number of nitrogens with one attached hydrogen (secondary N) is 2. The average Bonchev–Trinajstić information content (AvgIpc) is 3.15. The van der Waals surface area contributed by atoms with Crippen LogP contribution in [0, 0.1) is 5.92 Å².